The van der Waals surface area contributed by atoms with Crippen LogP contribution in [-0.2, 0) is 21.3 Å². The second kappa shape index (κ2) is 5.55. The monoisotopic (exact) mass is 324 g/mol. The second-order valence-electron chi connectivity index (χ2n) is 4.14. The fourth-order valence-electron chi connectivity index (χ4n) is 1.90. The number of nitrogens with two attached hydrogens (primary N) is 1. The van der Waals surface area contributed by atoms with Gasteiger partial charge in [-0.05, 0) is 11.6 Å². The minimum absolute atomic E-state index is 0.114. The molecule has 8 heteroatoms. The van der Waals surface area contributed by atoms with Gasteiger partial charge in [0, 0.05) is 13.1 Å². The molecule has 0 radical (unpaired) electrons. The third kappa shape index (κ3) is 3.21. The van der Waals surface area contributed by atoms with Crippen LogP contribution in [-0.4, -0.2) is 36.9 Å². The van der Waals surface area contributed by atoms with Gasteiger partial charge in [0.05, 0.1) is 18.0 Å². The Morgan fingerprint density at radius 1 is 1.37 bits per heavy atom. The summed E-state index contributed by atoms with van der Waals surface area (Å²) in [5.41, 5.74) is 6.13. The maximum atomic E-state index is 12.6. The normalized spacial score (nSPS) is 20.4. The highest BCUT2D eigenvalue weighted by molar-refractivity contribution is 7.89. The molecule has 1 saturated heterocycles. The van der Waals surface area contributed by atoms with Gasteiger partial charge in [-0.15, -0.1) is 0 Å². The molecule has 0 atom stereocenters. The van der Waals surface area contributed by atoms with Crippen LogP contribution in [0.1, 0.15) is 5.56 Å². The van der Waals surface area contributed by atoms with E-state index in [4.69, 9.17) is 33.7 Å². The summed E-state index contributed by atoms with van der Waals surface area (Å²) in [5, 5.41) is 0. The molecule has 1 fully saturated rings. The molecule has 1 aliphatic rings. The molecule has 0 amide bonds. The molecule has 0 spiro atoms. The maximum absolute atomic E-state index is 12.6. The lowest BCUT2D eigenvalue weighted by molar-refractivity contribution is 0.0199. The van der Waals surface area contributed by atoms with Crippen molar-refractivity contribution < 1.29 is 13.2 Å². The lowest BCUT2D eigenvalue weighted by Gasteiger charge is -2.34. The minimum Gasteiger partial charge on any atom is -0.344 e. The lowest BCUT2D eigenvalue weighted by Crippen LogP contribution is -2.48. The Hall–Kier alpha value is -0.370. The van der Waals surface area contributed by atoms with Crippen molar-refractivity contribution in [2.75, 3.05) is 19.7 Å². The van der Waals surface area contributed by atoms with Crippen LogP contribution in [0.2, 0.25) is 0 Å². The number of morpholine rings is 1. The first-order valence-corrected chi connectivity index (χ1v) is 7.86. The molecule has 2 rings (SSSR count). The molecule has 1 aromatic rings. The standard InChI is InChI=1S/C11H14Cl2N2O3S/c12-11(13)8-15(5-6-18-11)19(16,17)10-4-2-1-3-9(10)7-14/h1-4H,5-8,14H2. The molecule has 1 aliphatic heterocycles. The lowest BCUT2D eigenvalue weighted by atomic mass is 10.2. The quantitative estimate of drug-likeness (QED) is 0.850. The van der Waals surface area contributed by atoms with E-state index in [0.717, 1.165) is 0 Å². The number of nitrogens with zero attached hydrogens (tertiary/aromatic N) is 1. The minimum atomic E-state index is -3.67. The van der Waals surface area contributed by atoms with Gasteiger partial charge in [0.25, 0.3) is 0 Å². The van der Waals surface area contributed by atoms with E-state index in [1.54, 1.807) is 18.2 Å². The summed E-state index contributed by atoms with van der Waals surface area (Å²) < 4.78 is 29.9. The summed E-state index contributed by atoms with van der Waals surface area (Å²) >= 11 is 11.7. The van der Waals surface area contributed by atoms with E-state index >= 15 is 0 Å². The number of ether oxygens (including phenoxy) is 1. The fraction of sp³-hybridized carbons (Fsp3) is 0.455. The third-order valence-electron chi connectivity index (χ3n) is 2.82. The Morgan fingerprint density at radius 3 is 2.68 bits per heavy atom. The molecule has 0 bridgehead atoms. The number of hydrogen-bond acceptors (Lipinski definition) is 4. The molecule has 0 aliphatic carbocycles. The first-order chi connectivity index (χ1) is 8.87. The van der Waals surface area contributed by atoms with Gasteiger partial charge in [0.15, 0.2) is 0 Å². The smallest absolute Gasteiger partial charge is 0.243 e. The van der Waals surface area contributed by atoms with Crippen LogP contribution >= 0.6 is 23.2 Å². The maximum Gasteiger partial charge on any atom is 0.243 e. The number of rotatable bonds is 3. The first-order valence-electron chi connectivity index (χ1n) is 5.67. The molecule has 1 aromatic carbocycles. The van der Waals surface area contributed by atoms with Crippen molar-refractivity contribution in [1.82, 2.24) is 4.31 Å². The average Bonchev–Trinajstić information content (AvgIpc) is 2.37. The Morgan fingerprint density at radius 2 is 2.05 bits per heavy atom. The van der Waals surface area contributed by atoms with Gasteiger partial charge in [-0.25, -0.2) is 8.42 Å². The van der Waals surface area contributed by atoms with Crippen molar-refractivity contribution in [3.05, 3.63) is 29.8 Å². The van der Waals surface area contributed by atoms with E-state index in [9.17, 15) is 8.42 Å². The van der Waals surface area contributed by atoms with Gasteiger partial charge >= 0.3 is 0 Å². The molecular weight excluding hydrogens is 311 g/mol. The van der Waals surface area contributed by atoms with E-state index < -0.39 is 14.5 Å². The highest BCUT2D eigenvalue weighted by Crippen LogP contribution is 2.31. The SMILES string of the molecule is NCc1ccccc1S(=O)(=O)N1CCOC(Cl)(Cl)C1. The Labute approximate surface area is 122 Å². The summed E-state index contributed by atoms with van der Waals surface area (Å²) in [6.07, 6.45) is 0. The Bertz CT molecular complexity index is 563. The summed E-state index contributed by atoms with van der Waals surface area (Å²) in [7, 11) is -3.67. The summed E-state index contributed by atoms with van der Waals surface area (Å²) in [4.78, 5) is 0.184. The van der Waals surface area contributed by atoms with E-state index in [1.165, 1.54) is 10.4 Å². The topological polar surface area (TPSA) is 72.6 Å². The molecular formula is C11H14Cl2N2O3S. The molecule has 5 nitrogen and oxygen atoms in total. The second-order valence-corrected chi connectivity index (χ2v) is 7.46. The summed E-state index contributed by atoms with van der Waals surface area (Å²) in [6.45, 7) is 0.392. The zero-order chi connectivity index (χ0) is 14.1. The molecule has 0 saturated carbocycles. The van der Waals surface area contributed by atoms with Crippen molar-refractivity contribution in [2.24, 2.45) is 5.73 Å². The van der Waals surface area contributed by atoms with Gasteiger partial charge in [0.1, 0.15) is 0 Å². The number of halogens is 2. The number of alkyl halides is 2. The van der Waals surface area contributed by atoms with Crippen LogP contribution in [0, 0.1) is 0 Å². The summed E-state index contributed by atoms with van der Waals surface area (Å²) in [6, 6.07) is 6.61. The van der Waals surface area contributed by atoms with Gasteiger partial charge in [-0.1, -0.05) is 41.4 Å². The molecule has 1 heterocycles. The predicted molar refractivity (Wildman–Crippen MR) is 73.5 cm³/mol. The fourth-order valence-corrected chi connectivity index (χ4v) is 4.16. The highest BCUT2D eigenvalue weighted by Gasteiger charge is 2.38. The predicted octanol–water partition coefficient (Wildman–Crippen LogP) is 1.30. The molecule has 19 heavy (non-hydrogen) atoms. The molecule has 0 aromatic heterocycles. The van der Waals surface area contributed by atoms with Crippen molar-refractivity contribution >= 4 is 33.2 Å². The van der Waals surface area contributed by atoms with Gasteiger partial charge in [0.2, 0.25) is 14.5 Å². The van der Waals surface area contributed by atoms with Crippen molar-refractivity contribution in [3.8, 4) is 0 Å². The van der Waals surface area contributed by atoms with E-state index in [1.807, 2.05) is 0 Å². The molecule has 2 N–H and O–H groups in total. The van der Waals surface area contributed by atoms with Crippen LogP contribution in [0.5, 0.6) is 0 Å². The van der Waals surface area contributed by atoms with Gasteiger partial charge in [-0.3, -0.25) is 0 Å². The van der Waals surface area contributed by atoms with E-state index in [0.29, 0.717) is 5.56 Å². The third-order valence-corrected chi connectivity index (χ3v) is 5.23. The van der Waals surface area contributed by atoms with Crippen LogP contribution in [0.15, 0.2) is 29.2 Å². The van der Waals surface area contributed by atoms with Crippen molar-refractivity contribution in [1.29, 1.82) is 0 Å². The van der Waals surface area contributed by atoms with E-state index in [-0.39, 0.29) is 31.1 Å². The van der Waals surface area contributed by atoms with Crippen molar-refractivity contribution in [3.63, 3.8) is 0 Å². The van der Waals surface area contributed by atoms with Crippen LogP contribution in [0.3, 0.4) is 0 Å². The summed E-state index contributed by atoms with van der Waals surface area (Å²) in [5.74, 6) is 0. The number of hydrogen-bond donors (Lipinski definition) is 1. The largest absolute Gasteiger partial charge is 0.344 e. The van der Waals surface area contributed by atoms with Crippen molar-refractivity contribution in [2.45, 2.75) is 16.0 Å². The zero-order valence-electron chi connectivity index (χ0n) is 10.1. The van der Waals surface area contributed by atoms with E-state index in [2.05, 4.69) is 0 Å². The van der Waals surface area contributed by atoms with Crippen LogP contribution in [0.4, 0.5) is 0 Å². The first kappa shape index (κ1) is 15.0. The van der Waals surface area contributed by atoms with Crippen LogP contribution < -0.4 is 5.73 Å². The van der Waals surface area contributed by atoms with Gasteiger partial charge < -0.3 is 10.5 Å². The Kier molecular flexibility index (Phi) is 4.39. The average molecular weight is 325 g/mol. The Balaban J connectivity index is 2.37. The molecule has 106 valence electrons. The van der Waals surface area contributed by atoms with Gasteiger partial charge in [-0.2, -0.15) is 4.31 Å². The number of benzene rings is 1. The number of sulfonamides is 1. The van der Waals surface area contributed by atoms with Crippen LogP contribution in [0.25, 0.3) is 0 Å². The zero-order valence-corrected chi connectivity index (χ0v) is 12.4. The molecule has 0 unspecified atom stereocenters. The highest BCUT2D eigenvalue weighted by atomic mass is 35.5.